The topological polar surface area (TPSA) is 64.6 Å². The lowest BCUT2D eigenvalue weighted by Crippen LogP contribution is -2.38. The molecule has 142 valence electrons. The number of carbonyl (C=O) groups excluding carboxylic acids is 2. The van der Waals surface area contributed by atoms with Crippen LogP contribution in [0, 0.1) is 5.82 Å². The van der Waals surface area contributed by atoms with Gasteiger partial charge in [-0.2, -0.15) is 0 Å². The highest BCUT2D eigenvalue weighted by molar-refractivity contribution is 6.02. The molecule has 0 radical (unpaired) electrons. The van der Waals surface area contributed by atoms with Crippen LogP contribution in [0.3, 0.4) is 0 Å². The number of Topliss-reactive ketones (excluding diaryl/α,β-unsaturated/α-hetero) is 1. The van der Waals surface area contributed by atoms with Crippen molar-refractivity contribution in [2.24, 2.45) is 0 Å². The summed E-state index contributed by atoms with van der Waals surface area (Å²) in [6, 6.07) is 11.8. The van der Waals surface area contributed by atoms with Crippen molar-refractivity contribution in [3.8, 4) is 11.5 Å². The van der Waals surface area contributed by atoms with Gasteiger partial charge in [0.1, 0.15) is 5.82 Å². The number of benzene rings is 2. The lowest BCUT2D eigenvalue weighted by atomic mass is 9.73. The van der Waals surface area contributed by atoms with Crippen molar-refractivity contribution in [2.45, 2.75) is 31.1 Å². The molecular formula is C22H18FNO4. The zero-order valence-corrected chi connectivity index (χ0v) is 15.0. The van der Waals surface area contributed by atoms with Gasteiger partial charge in [0, 0.05) is 30.0 Å². The third-order valence-electron chi connectivity index (χ3n) is 5.68. The second-order valence-corrected chi connectivity index (χ2v) is 7.39. The minimum absolute atomic E-state index is 0.0261. The number of fused-ring (bicyclic) bond motifs is 1. The third kappa shape index (κ3) is 2.85. The van der Waals surface area contributed by atoms with E-state index < -0.39 is 0 Å². The molecule has 5 nitrogen and oxygen atoms in total. The number of nitrogens with one attached hydrogen (secondary N) is 1. The van der Waals surface area contributed by atoms with Crippen LogP contribution in [0.4, 0.5) is 4.39 Å². The van der Waals surface area contributed by atoms with E-state index in [9.17, 15) is 14.0 Å². The molecule has 2 aromatic rings. The van der Waals surface area contributed by atoms with Crippen molar-refractivity contribution in [2.75, 3.05) is 6.79 Å². The molecule has 2 unspecified atom stereocenters. The van der Waals surface area contributed by atoms with Crippen LogP contribution in [0.1, 0.15) is 42.2 Å². The maximum Gasteiger partial charge on any atom is 0.231 e. The monoisotopic (exact) mass is 379 g/mol. The molecule has 2 heterocycles. The second-order valence-electron chi connectivity index (χ2n) is 7.39. The van der Waals surface area contributed by atoms with Gasteiger partial charge in [-0.1, -0.05) is 18.2 Å². The Bertz CT molecular complexity index is 1010. The fourth-order valence-corrected chi connectivity index (χ4v) is 4.35. The Morgan fingerprint density at radius 3 is 2.46 bits per heavy atom. The van der Waals surface area contributed by atoms with Crippen LogP contribution in [-0.4, -0.2) is 18.5 Å². The standard InChI is InChI=1S/C22H18FNO4/c23-15-4-1-12(2-5-15)14-7-17-22(18(25)8-14)16(10-21(26)24-17)13-3-6-19-20(9-13)28-11-27-19/h1-6,9,14,16H,7-8,10-11H2,(H,24,26). The lowest BCUT2D eigenvalue weighted by Gasteiger charge is -2.34. The Morgan fingerprint density at radius 2 is 1.64 bits per heavy atom. The number of hydrogen-bond donors (Lipinski definition) is 1. The zero-order chi connectivity index (χ0) is 19.3. The van der Waals surface area contributed by atoms with Gasteiger partial charge in [-0.05, 0) is 47.7 Å². The van der Waals surface area contributed by atoms with Crippen molar-refractivity contribution >= 4 is 11.7 Å². The van der Waals surface area contributed by atoms with Gasteiger partial charge in [-0.25, -0.2) is 4.39 Å². The van der Waals surface area contributed by atoms with Crippen molar-refractivity contribution in [1.29, 1.82) is 0 Å². The van der Waals surface area contributed by atoms with Crippen molar-refractivity contribution in [3.05, 3.63) is 70.7 Å². The van der Waals surface area contributed by atoms with Crippen LogP contribution in [0.15, 0.2) is 53.7 Å². The molecular weight excluding hydrogens is 361 g/mol. The predicted molar refractivity (Wildman–Crippen MR) is 98.5 cm³/mol. The minimum atomic E-state index is -0.306. The van der Waals surface area contributed by atoms with Gasteiger partial charge in [0.05, 0.1) is 0 Å². The summed E-state index contributed by atoms with van der Waals surface area (Å²) in [6.45, 7) is 0.177. The molecule has 1 amide bonds. The van der Waals surface area contributed by atoms with E-state index in [-0.39, 0.29) is 42.6 Å². The van der Waals surface area contributed by atoms with Gasteiger partial charge in [0.25, 0.3) is 0 Å². The molecule has 1 N–H and O–H groups in total. The first kappa shape index (κ1) is 17.0. The fraction of sp³-hybridized carbons (Fsp3) is 0.273. The van der Waals surface area contributed by atoms with Gasteiger partial charge in [0.2, 0.25) is 12.7 Å². The SMILES string of the molecule is O=C1CC(c2ccc3c(c2)OCO3)C2=C(CC(c3ccc(F)cc3)CC2=O)N1. The molecule has 6 heteroatoms. The summed E-state index contributed by atoms with van der Waals surface area (Å²) in [7, 11) is 0. The Morgan fingerprint density at radius 1 is 0.893 bits per heavy atom. The highest BCUT2D eigenvalue weighted by atomic mass is 19.1. The predicted octanol–water partition coefficient (Wildman–Crippen LogP) is 3.56. The summed E-state index contributed by atoms with van der Waals surface area (Å²) in [5.41, 5.74) is 3.14. The molecule has 0 saturated heterocycles. The van der Waals surface area contributed by atoms with Crippen LogP contribution in [0.2, 0.25) is 0 Å². The largest absolute Gasteiger partial charge is 0.454 e. The summed E-state index contributed by atoms with van der Waals surface area (Å²) in [6.07, 6.45) is 1.13. The first-order valence-corrected chi connectivity index (χ1v) is 9.29. The van der Waals surface area contributed by atoms with Gasteiger partial charge in [-0.3, -0.25) is 9.59 Å². The molecule has 2 aromatic carbocycles. The summed E-state index contributed by atoms with van der Waals surface area (Å²) in [4.78, 5) is 25.4. The van der Waals surface area contributed by atoms with Gasteiger partial charge < -0.3 is 14.8 Å². The number of halogens is 1. The maximum atomic E-state index is 13.2. The van der Waals surface area contributed by atoms with Crippen molar-refractivity contribution in [3.63, 3.8) is 0 Å². The molecule has 0 spiro atoms. The van der Waals surface area contributed by atoms with E-state index in [1.54, 1.807) is 12.1 Å². The molecule has 5 rings (SSSR count). The van der Waals surface area contributed by atoms with Crippen LogP contribution in [0.25, 0.3) is 0 Å². The molecule has 0 saturated carbocycles. The van der Waals surface area contributed by atoms with E-state index in [0.29, 0.717) is 35.6 Å². The van der Waals surface area contributed by atoms with E-state index in [1.807, 2.05) is 18.2 Å². The normalized spacial score (nSPS) is 23.5. The van der Waals surface area contributed by atoms with E-state index in [1.165, 1.54) is 12.1 Å². The first-order valence-electron chi connectivity index (χ1n) is 9.29. The molecule has 0 fully saturated rings. The number of hydrogen-bond acceptors (Lipinski definition) is 4. The first-order chi connectivity index (χ1) is 13.6. The molecule has 3 aliphatic rings. The average Bonchev–Trinajstić information content (AvgIpc) is 3.15. The van der Waals surface area contributed by atoms with Crippen LogP contribution < -0.4 is 14.8 Å². The molecule has 2 atom stereocenters. The lowest BCUT2D eigenvalue weighted by molar-refractivity contribution is -0.122. The Hall–Kier alpha value is -3.15. The smallest absolute Gasteiger partial charge is 0.231 e. The maximum absolute atomic E-state index is 13.2. The van der Waals surface area contributed by atoms with E-state index >= 15 is 0 Å². The van der Waals surface area contributed by atoms with Crippen LogP contribution >= 0.6 is 0 Å². The van der Waals surface area contributed by atoms with E-state index in [2.05, 4.69) is 5.32 Å². The minimum Gasteiger partial charge on any atom is -0.454 e. The van der Waals surface area contributed by atoms with Gasteiger partial charge in [-0.15, -0.1) is 0 Å². The number of rotatable bonds is 2. The second kappa shape index (κ2) is 6.48. The van der Waals surface area contributed by atoms with Crippen LogP contribution in [-0.2, 0) is 9.59 Å². The quantitative estimate of drug-likeness (QED) is 0.867. The van der Waals surface area contributed by atoms with Gasteiger partial charge >= 0.3 is 0 Å². The third-order valence-corrected chi connectivity index (χ3v) is 5.68. The van der Waals surface area contributed by atoms with Gasteiger partial charge in [0.15, 0.2) is 17.3 Å². The summed E-state index contributed by atoms with van der Waals surface area (Å²) in [5.74, 6) is 0.567. The zero-order valence-electron chi connectivity index (χ0n) is 15.0. The molecule has 28 heavy (non-hydrogen) atoms. The number of amides is 1. The molecule has 2 aliphatic heterocycles. The highest BCUT2D eigenvalue weighted by Gasteiger charge is 2.38. The van der Waals surface area contributed by atoms with Crippen LogP contribution in [0.5, 0.6) is 11.5 Å². The number of ketones is 1. The highest BCUT2D eigenvalue weighted by Crippen LogP contribution is 2.44. The molecule has 0 bridgehead atoms. The number of allylic oxidation sites excluding steroid dienone is 2. The number of carbonyl (C=O) groups is 2. The average molecular weight is 379 g/mol. The summed E-state index contributed by atoms with van der Waals surface area (Å²) >= 11 is 0. The Labute approximate surface area is 161 Å². The van der Waals surface area contributed by atoms with Crippen molar-refractivity contribution in [1.82, 2.24) is 5.32 Å². The summed E-state index contributed by atoms with van der Waals surface area (Å²) in [5, 5.41) is 2.90. The van der Waals surface area contributed by atoms with E-state index in [0.717, 1.165) is 11.1 Å². The fourth-order valence-electron chi connectivity index (χ4n) is 4.35. The van der Waals surface area contributed by atoms with Crippen molar-refractivity contribution < 1.29 is 23.5 Å². The Kier molecular flexibility index (Phi) is 3.93. The molecule has 0 aromatic heterocycles. The molecule has 1 aliphatic carbocycles. The van der Waals surface area contributed by atoms with E-state index in [4.69, 9.17) is 9.47 Å². The number of ether oxygens (including phenoxy) is 2. The summed E-state index contributed by atoms with van der Waals surface area (Å²) < 4.78 is 24.0. The Balaban J connectivity index is 1.51.